The van der Waals surface area contributed by atoms with Gasteiger partial charge in [0, 0.05) is 13.2 Å². The Hall–Kier alpha value is -1.11. The first-order valence-electron chi connectivity index (χ1n) is 6.78. The molecule has 112 valence electrons. The molecule has 2 N–H and O–H groups in total. The van der Waals surface area contributed by atoms with E-state index in [2.05, 4.69) is 0 Å². The van der Waals surface area contributed by atoms with Crippen LogP contribution < -0.4 is 10.5 Å². The third-order valence-corrected chi connectivity index (χ3v) is 5.82. The molecule has 2 atom stereocenters. The molecule has 0 bridgehead atoms. The van der Waals surface area contributed by atoms with Crippen molar-refractivity contribution in [2.45, 2.75) is 31.2 Å². The zero-order chi connectivity index (χ0) is 14.6. The SMILES string of the molecule is CC1OCCC1S(=O)(=O)CCOc1cccc(CN)c1. The molecule has 1 aliphatic heterocycles. The number of rotatable bonds is 6. The Labute approximate surface area is 120 Å². The number of hydrogen-bond acceptors (Lipinski definition) is 5. The number of hydrogen-bond donors (Lipinski definition) is 1. The van der Waals surface area contributed by atoms with Gasteiger partial charge in [0.05, 0.1) is 17.1 Å². The molecule has 6 heteroatoms. The van der Waals surface area contributed by atoms with E-state index >= 15 is 0 Å². The van der Waals surface area contributed by atoms with E-state index in [1.165, 1.54) is 0 Å². The fourth-order valence-electron chi connectivity index (χ4n) is 2.37. The molecule has 1 saturated heterocycles. The van der Waals surface area contributed by atoms with Crippen molar-refractivity contribution < 1.29 is 17.9 Å². The molecule has 1 aromatic rings. The van der Waals surface area contributed by atoms with Crippen LogP contribution in [0.2, 0.25) is 0 Å². The average Bonchev–Trinajstić information content (AvgIpc) is 2.86. The molecule has 1 heterocycles. The number of sulfone groups is 1. The Morgan fingerprint density at radius 2 is 2.25 bits per heavy atom. The van der Waals surface area contributed by atoms with Crippen LogP contribution in [0.25, 0.3) is 0 Å². The molecule has 0 spiro atoms. The van der Waals surface area contributed by atoms with Crippen LogP contribution >= 0.6 is 0 Å². The fraction of sp³-hybridized carbons (Fsp3) is 0.571. The van der Waals surface area contributed by atoms with Gasteiger partial charge in [0.2, 0.25) is 0 Å². The van der Waals surface area contributed by atoms with Gasteiger partial charge in [-0.2, -0.15) is 0 Å². The second-order valence-electron chi connectivity index (χ2n) is 4.97. The van der Waals surface area contributed by atoms with Crippen LogP contribution in [0.4, 0.5) is 0 Å². The molecule has 1 fully saturated rings. The summed E-state index contributed by atoms with van der Waals surface area (Å²) >= 11 is 0. The molecule has 20 heavy (non-hydrogen) atoms. The summed E-state index contributed by atoms with van der Waals surface area (Å²) in [7, 11) is -3.17. The fourth-order valence-corrected chi connectivity index (χ4v) is 4.11. The summed E-state index contributed by atoms with van der Waals surface area (Å²) in [6.45, 7) is 2.91. The molecule has 0 radical (unpaired) electrons. The highest BCUT2D eigenvalue weighted by Gasteiger charge is 2.35. The minimum Gasteiger partial charge on any atom is -0.493 e. The van der Waals surface area contributed by atoms with Gasteiger partial charge >= 0.3 is 0 Å². The topological polar surface area (TPSA) is 78.6 Å². The number of benzene rings is 1. The number of ether oxygens (including phenoxy) is 2. The molecule has 0 amide bonds. The highest BCUT2D eigenvalue weighted by atomic mass is 32.2. The van der Waals surface area contributed by atoms with Gasteiger partial charge in [-0.25, -0.2) is 8.42 Å². The third kappa shape index (κ3) is 3.71. The third-order valence-electron chi connectivity index (χ3n) is 3.54. The van der Waals surface area contributed by atoms with Crippen LogP contribution in [-0.4, -0.2) is 38.7 Å². The van der Waals surface area contributed by atoms with E-state index in [-0.39, 0.29) is 18.5 Å². The highest BCUT2D eigenvalue weighted by molar-refractivity contribution is 7.92. The van der Waals surface area contributed by atoms with Crippen LogP contribution in [0.15, 0.2) is 24.3 Å². The summed E-state index contributed by atoms with van der Waals surface area (Å²) in [6, 6.07) is 7.38. The van der Waals surface area contributed by atoms with Gasteiger partial charge in [0.15, 0.2) is 9.84 Å². The summed E-state index contributed by atoms with van der Waals surface area (Å²) in [5.41, 5.74) is 6.51. The summed E-state index contributed by atoms with van der Waals surface area (Å²) in [4.78, 5) is 0. The molecular formula is C14H21NO4S. The van der Waals surface area contributed by atoms with Crippen LogP contribution in [-0.2, 0) is 21.1 Å². The summed E-state index contributed by atoms with van der Waals surface area (Å²) < 4.78 is 35.2. The van der Waals surface area contributed by atoms with Gasteiger partial charge in [-0.1, -0.05) is 12.1 Å². The quantitative estimate of drug-likeness (QED) is 0.851. The van der Waals surface area contributed by atoms with E-state index in [1.54, 1.807) is 13.0 Å². The summed E-state index contributed by atoms with van der Waals surface area (Å²) in [6.07, 6.45) is 0.354. The minimum absolute atomic E-state index is 0.0121. The average molecular weight is 299 g/mol. The number of nitrogens with two attached hydrogens (primary N) is 1. The predicted molar refractivity (Wildman–Crippen MR) is 77.4 cm³/mol. The molecular weight excluding hydrogens is 278 g/mol. The van der Waals surface area contributed by atoms with E-state index in [9.17, 15) is 8.42 Å². The monoisotopic (exact) mass is 299 g/mol. The van der Waals surface area contributed by atoms with E-state index in [0.29, 0.717) is 25.3 Å². The Kier molecular flexibility index (Phi) is 5.01. The van der Waals surface area contributed by atoms with E-state index in [0.717, 1.165) is 5.56 Å². The Balaban J connectivity index is 1.88. The maximum atomic E-state index is 12.2. The van der Waals surface area contributed by atoms with Gasteiger partial charge < -0.3 is 15.2 Å². The molecule has 0 aliphatic carbocycles. The molecule has 5 nitrogen and oxygen atoms in total. The van der Waals surface area contributed by atoms with Crippen molar-refractivity contribution >= 4 is 9.84 Å². The maximum Gasteiger partial charge on any atom is 0.159 e. The van der Waals surface area contributed by atoms with Gasteiger partial charge in [-0.3, -0.25) is 0 Å². The highest BCUT2D eigenvalue weighted by Crippen LogP contribution is 2.21. The van der Waals surface area contributed by atoms with Gasteiger partial charge in [-0.15, -0.1) is 0 Å². The molecule has 1 aromatic carbocycles. The van der Waals surface area contributed by atoms with Crippen LogP contribution in [0, 0.1) is 0 Å². The van der Waals surface area contributed by atoms with Gasteiger partial charge in [0.25, 0.3) is 0 Å². The zero-order valence-corrected chi connectivity index (χ0v) is 12.4. The van der Waals surface area contributed by atoms with Crippen molar-refractivity contribution in [3.05, 3.63) is 29.8 Å². The lowest BCUT2D eigenvalue weighted by Gasteiger charge is -2.15. The van der Waals surface area contributed by atoms with E-state index < -0.39 is 15.1 Å². The lowest BCUT2D eigenvalue weighted by Crippen LogP contribution is -2.32. The van der Waals surface area contributed by atoms with E-state index in [1.807, 2.05) is 18.2 Å². The molecule has 0 aromatic heterocycles. The van der Waals surface area contributed by atoms with Crippen LogP contribution in [0.5, 0.6) is 5.75 Å². The van der Waals surface area contributed by atoms with Crippen LogP contribution in [0.3, 0.4) is 0 Å². The predicted octanol–water partition coefficient (Wildman–Crippen LogP) is 1.12. The Bertz CT molecular complexity index is 544. The Morgan fingerprint density at radius 3 is 2.90 bits per heavy atom. The minimum atomic E-state index is -3.17. The molecule has 0 saturated carbocycles. The van der Waals surface area contributed by atoms with Crippen molar-refractivity contribution in [3.8, 4) is 5.75 Å². The summed E-state index contributed by atoms with van der Waals surface area (Å²) in [5.74, 6) is 0.664. The standard InChI is InChI=1S/C14H21NO4S/c1-11-14(5-6-18-11)20(16,17)8-7-19-13-4-2-3-12(9-13)10-15/h2-4,9,11,14H,5-8,10,15H2,1H3. The van der Waals surface area contributed by atoms with Gasteiger partial charge in [0.1, 0.15) is 12.4 Å². The first kappa shape index (κ1) is 15.3. The molecule has 2 rings (SSSR count). The van der Waals surface area contributed by atoms with Gasteiger partial charge in [-0.05, 0) is 31.0 Å². The molecule has 2 unspecified atom stereocenters. The van der Waals surface area contributed by atoms with Crippen molar-refractivity contribution in [3.63, 3.8) is 0 Å². The van der Waals surface area contributed by atoms with Crippen molar-refractivity contribution in [2.75, 3.05) is 19.0 Å². The van der Waals surface area contributed by atoms with E-state index in [4.69, 9.17) is 15.2 Å². The normalized spacial score (nSPS) is 22.9. The maximum absolute atomic E-state index is 12.2. The second-order valence-corrected chi connectivity index (χ2v) is 7.31. The van der Waals surface area contributed by atoms with Crippen molar-refractivity contribution in [1.29, 1.82) is 0 Å². The van der Waals surface area contributed by atoms with Crippen LogP contribution in [0.1, 0.15) is 18.9 Å². The largest absolute Gasteiger partial charge is 0.493 e. The first-order valence-corrected chi connectivity index (χ1v) is 8.49. The summed E-state index contributed by atoms with van der Waals surface area (Å²) in [5, 5.41) is -0.401. The van der Waals surface area contributed by atoms with Crippen molar-refractivity contribution in [1.82, 2.24) is 0 Å². The lowest BCUT2D eigenvalue weighted by molar-refractivity contribution is 0.126. The first-order chi connectivity index (χ1) is 9.53. The zero-order valence-electron chi connectivity index (χ0n) is 11.6. The lowest BCUT2D eigenvalue weighted by atomic mass is 10.2. The van der Waals surface area contributed by atoms with Crippen molar-refractivity contribution in [2.24, 2.45) is 5.73 Å². The Morgan fingerprint density at radius 1 is 1.45 bits per heavy atom. The second kappa shape index (κ2) is 6.56. The smallest absolute Gasteiger partial charge is 0.159 e. The molecule has 1 aliphatic rings.